The standard InChI is InChI=1S/C24H26N2O4S/c1-15(17-11-10-16-6-2-3-7-18(16)12-17)25-22(27)14-30-23(28)13-21-24(29)26-19-8-4-5-9-20(19)31-21/h4-5,8-12,15,21H,2-3,6-7,13-14H2,1H3,(H,25,27)(H,26,29). The van der Waals surface area contributed by atoms with Crippen LogP contribution < -0.4 is 10.6 Å². The van der Waals surface area contributed by atoms with E-state index in [1.807, 2.05) is 31.2 Å². The van der Waals surface area contributed by atoms with E-state index in [4.69, 9.17) is 4.74 Å². The lowest BCUT2D eigenvalue weighted by molar-refractivity contribution is -0.149. The average molecular weight is 439 g/mol. The van der Waals surface area contributed by atoms with E-state index in [1.165, 1.54) is 35.7 Å². The van der Waals surface area contributed by atoms with Crippen LogP contribution in [0.3, 0.4) is 0 Å². The molecule has 2 aromatic carbocycles. The van der Waals surface area contributed by atoms with Gasteiger partial charge in [0.2, 0.25) is 5.91 Å². The van der Waals surface area contributed by atoms with Gasteiger partial charge < -0.3 is 15.4 Å². The maximum atomic E-state index is 12.3. The third-order valence-corrected chi connectivity index (χ3v) is 6.95. The highest BCUT2D eigenvalue weighted by Gasteiger charge is 2.29. The molecule has 6 nitrogen and oxygen atoms in total. The number of hydrogen-bond donors (Lipinski definition) is 2. The number of nitrogens with one attached hydrogen (secondary N) is 2. The maximum Gasteiger partial charge on any atom is 0.307 e. The highest BCUT2D eigenvalue weighted by atomic mass is 32.2. The molecule has 0 radical (unpaired) electrons. The van der Waals surface area contributed by atoms with Crippen LogP contribution in [0.4, 0.5) is 5.69 Å². The van der Waals surface area contributed by atoms with Gasteiger partial charge in [-0.15, -0.1) is 11.8 Å². The van der Waals surface area contributed by atoms with E-state index in [0.29, 0.717) is 0 Å². The van der Waals surface area contributed by atoms with Crippen LogP contribution in [-0.2, 0) is 32.0 Å². The van der Waals surface area contributed by atoms with Crippen molar-refractivity contribution in [2.24, 2.45) is 0 Å². The summed E-state index contributed by atoms with van der Waals surface area (Å²) in [5.41, 5.74) is 4.56. The van der Waals surface area contributed by atoms with E-state index in [0.717, 1.165) is 29.0 Å². The van der Waals surface area contributed by atoms with Crippen LogP contribution in [0.25, 0.3) is 0 Å². The summed E-state index contributed by atoms with van der Waals surface area (Å²) in [5.74, 6) is -1.15. The Hall–Kier alpha value is -2.80. The molecule has 162 valence electrons. The molecule has 2 aliphatic rings. The largest absolute Gasteiger partial charge is 0.456 e. The van der Waals surface area contributed by atoms with Crippen molar-refractivity contribution in [2.75, 3.05) is 11.9 Å². The van der Waals surface area contributed by atoms with E-state index in [2.05, 4.69) is 28.8 Å². The minimum absolute atomic E-state index is 0.0848. The van der Waals surface area contributed by atoms with Crippen molar-refractivity contribution in [2.45, 2.75) is 55.2 Å². The molecule has 31 heavy (non-hydrogen) atoms. The molecular weight excluding hydrogens is 412 g/mol. The fourth-order valence-corrected chi connectivity index (χ4v) is 5.07. The number of fused-ring (bicyclic) bond motifs is 2. The summed E-state index contributed by atoms with van der Waals surface area (Å²) in [6.07, 6.45) is 4.56. The summed E-state index contributed by atoms with van der Waals surface area (Å²) in [4.78, 5) is 37.6. The zero-order chi connectivity index (χ0) is 21.8. The summed E-state index contributed by atoms with van der Waals surface area (Å²) in [5, 5.41) is 5.11. The van der Waals surface area contributed by atoms with Gasteiger partial charge in [-0.05, 0) is 61.4 Å². The highest BCUT2D eigenvalue weighted by molar-refractivity contribution is 8.01. The first-order valence-electron chi connectivity index (χ1n) is 10.6. The molecule has 0 saturated heterocycles. The molecule has 0 bridgehead atoms. The third kappa shape index (κ3) is 5.28. The highest BCUT2D eigenvalue weighted by Crippen LogP contribution is 2.36. The van der Waals surface area contributed by atoms with Crippen molar-refractivity contribution in [3.63, 3.8) is 0 Å². The molecule has 1 heterocycles. The summed E-state index contributed by atoms with van der Waals surface area (Å²) in [7, 11) is 0. The van der Waals surface area contributed by atoms with Gasteiger partial charge in [-0.2, -0.15) is 0 Å². The molecule has 1 aliphatic heterocycles. The molecule has 0 saturated carbocycles. The Balaban J connectivity index is 1.25. The average Bonchev–Trinajstić information content (AvgIpc) is 2.78. The Bertz CT molecular complexity index is 1010. The number of ether oxygens (including phenoxy) is 1. The van der Waals surface area contributed by atoms with Gasteiger partial charge in [0.1, 0.15) is 0 Å². The van der Waals surface area contributed by atoms with Gasteiger partial charge in [-0.25, -0.2) is 0 Å². The molecule has 0 spiro atoms. The second-order valence-electron chi connectivity index (χ2n) is 7.98. The SMILES string of the molecule is CC(NC(=O)COC(=O)CC1Sc2ccccc2NC1=O)c1ccc2c(c1)CCCC2. The third-order valence-electron chi connectivity index (χ3n) is 5.67. The van der Waals surface area contributed by atoms with Gasteiger partial charge in [-0.3, -0.25) is 14.4 Å². The van der Waals surface area contributed by atoms with E-state index in [1.54, 1.807) is 0 Å². The van der Waals surface area contributed by atoms with Gasteiger partial charge in [0.25, 0.3) is 5.91 Å². The second-order valence-corrected chi connectivity index (χ2v) is 9.23. The van der Waals surface area contributed by atoms with E-state index < -0.39 is 11.2 Å². The van der Waals surface area contributed by atoms with Crippen LogP contribution in [0.5, 0.6) is 0 Å². The van der Waals surface area contributed by atoms with Gasteiger partial charge >= 0.3 is 5.97 Å². The summed E-state index contributed by atoms with van der Waals surface area (Å²) in [6.45, 7) is 1.56. The molecule has 0 aromatic heterocycles. The fraction of sp³-hybridized carbons (Fsp3) is 0.375. The predicted octanol–water partition coefficient (Wildman–Crippen LogP) is 3.79. The van der Waals surface area contributed by atoms with Gasteiger partial charge in [0.15, 0.2) is 6.61 Å². The van der Waals surface area contributed by atoms with E-state index in [9.17, 15) is 14.4 Å². The molecule has 2 amide bonds. The van der Waals surface area contributed by atoms with Crippen molar-refractivity contribution in [1.29, 1.82) is 0 Å². The van der Waals surface area contributed by atoms with Crippen molar-refractivity contribution >= 4 is 35.2 Å². The van der Waals surface area contributed by atoms with E-state index in [-0.39, 0.29) is 30.9 Å². The van der Waals surface area contributed by atoms with Gasteiger partial charge in [0.05, 0.1) is 23.4 Å². The van der Waals surface area contributed by atoms with Gasteiger partial charge in [0, 0.05) is 4.90 Å². The lowest BCUT2D eigenvalue weighted by Gasteiger charge is -2.23. The Morgan fingerprint density at radius 2 is 1.94 bits per heavy atom. The Morgan fingerprint density at radius 3 is 2.77 bits per heavy atom. The van der Waals surface area contributed by atoms with Crippen LogP contribution in [0.2, 0.25) is 0 Å². The van der Waals surface area contributed by atoms with Gasteiger partial charge in [-0.1, -0.05) is 30.3 Å². The van der Waals surface area contributed by atoms with Crippen LogP contribution in [-0.4, -0.2) is 29.6 Å². The Kier molecular flexibility index (Phi) is 6.61. The quantitative estimate of drug-likeness (QED) is 0.671. The van der Waals surface area contributed by atoms with E-state index >= 15 is 0 Å². The smallest absolute Gasteiger partial charge is 0.307 e. The molecule has 2 aromatic rings. The number of carbonyl (C=O) groups excluding carboxylic acids is 3. The molecule has 4 rings (SSSR count). The lowest BCUT2D eigenvalue weighted by atomic mass is 9.89. The predicted molar refractivity (Wildman–Crippen MR) is 120 cm³/mol. The first-order valence-corrected chi connectivity index (χ1v) is 11.5. The fourth-order valence-electron chi connectivity index (χ4n) is 3.97. The zero-order valence-electron chi connectivity index (χ0n) is 17.5. The monoisotopic (exact) mass is 438 g/mol. The second kappa shape index (κ2) is 9.56. The maximum absolute atomic E-state index is 12.3. The number of hydrogen-bond acceptors (Lipinski definition) is 5. The number of carbonyl (C=O) groups is 3. The van der Waals surface area contributed by atoms with Crippen molar-refractivity contribution in [1.82, 2.24) is 5.32 Å². The van der Waals surface area contributed by atoms with Crippen LogP contribution in [0.15, 0.2) is 47.4 Å². The minimum atomic E-state index is -0.570. The number of para-hydroxylation sites is 1. The topological polar surface area (TPSA) is 84.5 Å². The van der Waals surface area contributed by atoms with Crippen LogP contribution >= 0.6 is 11.8 Å². The normalized spacial score (nSPS) is 18.2. The van der Waals surface area contributed by atoms with Crippen LogP contribution in [0.1, 0.15) is 48.9 Å². The number of aryl methyl sites for hydroxylation is 2. The zero-order valence-corrected chi connectivity index (χ0v) is 18.3. The Labute approximate surface area is 186 Å². The molecule has 2 unspecified atom stereocenters. The Morgan fingerprint density at radius 1 is 1.16 bits per heavy atom. The molecule has 2 atom stereocenters. The molecule has 0 fully saturated rings. The number of thioether (sulfide) groups is 1. The number of benzene rings is 2. The first kappa shape index (κ1) is 21.4. The van der Waals surface area contributed by atoms with Crippen molar-refractivity contribution in [3.05, 3.63) is 59.2 Å². The van der Waals surface area contributed by atoms with Crippen molar-refractivity contribution in [3.8, 4) is 0 Å². The number of rotatable bonds is 6. The molecule has 7 heteroatoms. The number of esters is 1. The molecule has 1 aliphatic carbocycles. The number of anilines is 1. The summed E-state index contributed by atoms with van der Waals surface area (Å²) in [6, 6.07) is 13.6. The van der Waals surface area contributed by atoms with Crippen molar-refractivity contribution < 1.29 is 19.1 Å². The summed E-state index contributed by atoms with van der Waals surface area (Å²) >= 11 is 1.33. The summed E-state index contributed by atoms with van der Waals surface area (Å²) < 4.78 is 5.13. The molecular formula is C24H26N2O4S. The van der Waals surface area contributed by atoms with Crippen LogP contribution in [0, 0.1) is 0 Å². The minimum Gasteiger partial charge on any atom is -0.456 e. The molecule has 2 N–H and O–H groups in total. The first-order chi connectivity index (χ1) is 15.0. The lowest BCUT2D eigenvalue weighted by Crippen LogP contribution is -2.34. The number of amides is 2.